The van der Waals surface area contributed by atoms with Gasteiger partial charge in [-0.15, -0.1) is 0 Å². The highest BCUT2D eigenvalue weighted by Crippen LogP contribution is 2.33. The molecule has 28 heavy (non-hydrogen) atoms. The van der Waals surface area contributed by atoms with Crippen LogP contribution in [0.25, 0.3) is 22.0 Å². The smallest absolute Gasteiger partial charge is 0.222 e. The molecule has 4 rings (SSSR count). The molecular weight excluding hydrogens is 350 g/mol. The number of hydrogen-bond donors (Lipinski definition) is 2. The van der Waals surface area contributed by atoms with Crippen LogP contribution in [0.1, 0.15) is 32.1 Å². The van der Waals surface area contributed by atoms with Crippen LogP contribution in [-0.4, -0.2) is 29.5 Å². The Hall–Kier alpha value is -3.15. The van der Waals surface area contributed by atoms with E-state index in [-0.39, 0.29) is 5.95 Å². The van der Waals surface area contributed by atoms with Gasteiger partial charge in [0.25, 0.3) is 0 Å². The number of amides is 1. The summed E-state index contributed by atoms with van der Waals surface area (Å²) in [5.41, 5.74) is 9.75. The first-order chi connectivity index (χ1) is 13.7. The van der Waals surface area contributed by atoms with Crippen LogP contribution in [0.15, 0.2) is 42.5 Å². The molecule has 0 unspecified atom stereocenters. The monoisotopic (exact) mass is 375 g/mol. The van der Waals surface area contributed by atoms with Crippen LogP contribution in [0.4, 0.5) is 17.5 Å². The molecule has 6 heteroatoms. The van der Waals surface area contributed by atoms with Crippen molar-refractivity contribution in [3.63, 3.8) is 0 Å². The van der Waals surface area contributed by atoms with Crippen LogP contribution in [0.5, 0.6) is 0 Å². The molecule has 3 N–H and O–H groups in total. The van der Waals surface area contributed by atoms with Crippen molar-refractivity contribution in [3.05, 3.63) is 42.5 Å². The molecule has 144 valence electrons. The molecule has 0 atom stereocenters. The second-order valence-corrected chi connectivity index (χ2v) is 7.37. The number of aromatic nitrogens is 2. The quantitative estimate of drug-likeness (QED) is 0.653. The predicted octanol–water partition coefficient (Wildman–Crippen LogP) is 4.22. The third-order valence-corrected chi connectivity index (χ3v) is 5.43. The predicted molar refractivity (Wildman–Crippen MR) is 114 cm³/mol. The molecule has 1 saturated carbocycles. The normalized spacial score (nSPS) is 14.8. The first kappa shape index (κ1) is 18.2. The number of para-hydroxylation sites is 1. The molecule has 3 aromatic rings. The number of nitrogen functional groups attached to an aromatic ring is 1. The van der Waals surface area contributed by atoms with Crippen molar-refractivity contribution >= 4 is 34.8 Å². The van der Waals surface area contributed by atoms with Crippen molar-refractivity contribution < 1.29 is 4.79 Å². The first-order valence-corrected chi connectivity index (χ1v) is 9.77. The lowest BCUT2D eigenvalue weighted by atomic mass is 9.95. The van der Waals surface area contributed by atoms with Gasteiger partial charge in [-0.25, -0.2) is 4.98 Å². The van der Waals surface area contributed by atoms with Crippen molar-refractivity contribution in [2.24, 2.45) is 0 Å². The van der Waals surface area contributed by atoms with Crippen molar-refractivity contribution in [2.45, 2.75) is 38.1 Å². The number of carbonyl (C=O) groups is 1. The largest absolute Gasteiger partial charge is 0.368 e. The lowest BCUT2D eigenvalue weighted by Gasteiger charge is -2.24. The zero-order chi connectivity index (χ0) is 19.5. The number of rotatable bonds is 5. The standard InChI is InChI=1S/C22H25N5O/c1-27(14-28)17-12-10-15(11-13-17)18-8-5-9-19-20(18)25-22(23)26-21(19)24-16-6-3-2-4-7-16/h5,8-14,16H,2-4,6-7H2,1H3,(H3,23,24,25,26). The Morgan fingerprint density at radius 2 is 1.82 bits per heavy atom. The van der Waals surface area contributed by atoms with E-state index in [1.54, 1.807) is 11.9 Å². The third kappa shape index (κ3) is 3.63. The zero-order valence-electron chi connectivity index (χ0n) is 16.1. The van der Waals surface area contributed by atoms with Crippen LogP contribution in [0, 0.1) is 0 Å². The van der Waals surface area contributed by atoms with Gasteiger partial charge in [0.05, 0.1) is 5.52 Å². The fourth-order valence-corrected chi connectivity index (χ4v) is 3.89. The van der Waals surface area contributed by atoms with Gasteiger partial charge in [0.15, 0.2) is 0 Å². The fourth-order valence-electron chi connectivity index (χ4n) is 3.89. The lowest BCUT2D eigenvalue weighted by molar-refractivity contribution is -0.107. The molecule has 2 aromatic carbocycles. The van der Waals surface area contributed by atoms with Crippen molar-refractivity contribution in [1.82, 2.24) is 9.97 Å². The third-order valence-electron chi connectivity index (χ3n) is 5.43. The summed E-state index contributed by atoms with van der Waals surface area (Å²) >= 11 is 0. The Bertz CT molecular complexity index is 980. The van der Waals surface area contributed by atoms with Gasteiger partial charge in [-0.3, -0.25) is 4.79 Å². The van der Waals surface area contributed by atoms with Crippen LogP contribution in [-0.2, 0) is 4.79 Å². The molecular formula is C22H25N5O. The van der Waals surface area contributed by atoms with Crippen LogP contribution < -0.4 is 16.0 Å². The average molecular weight is 375 g/mol. The number of fused-ring (bicyclic) bond motifs is 1. The summed E-state index contributed by atoms with van der Waals surface area (Å²) in [7, 11) is 1.73. The maximum atomic E-state index is 11.0. The summed E-state index contributed by atoms with van der Waals surface area (Å²) < 4.78 is 0. The number of anilines is 3. The average Bonchev–Trinajstić information content (AvgIpc) is 2.73. The molecule has 1 heterocycles. The van der Waals surface area contributed by atoms with Gasteiger partial charge in [-0.05, 0) is 36.6 Å². The van der Waals surface area contributed by atoms with E-state index in [9.17, 15) is 4.79 Å². The van der Waals surface area contributed by atoms with E-state index in [4.69, 9.17) is 5.73 Å². The van der Waals surface area contributed by atoms with Gasteiger partial charge in [-0.2, -0.15) is 4.98 Å². The molecule has 1 aliphatic carbocycles. The Morgan fingerprint density at radius 3 is 2.54 bits per heavy atom. The molecule has 1 fully saturated rings. The molecule has 1 aromatic heterocycles. The maximum Gasteiger partial charge on any atom is 0.222 e. The molecule has 1 aliphatic rings. The highest BCUT2D eigenvalue weighted by atomic mass is 16.1. The topological polar surface area (TPSA) is 84.1 Å². The van der Waals surface area contributed by atoms with Gasteiger partial charge < -0.3 is 16.0 Å². The van der Waals surface area contributed by atoms with E-state index >= 15 is 0 Å². The van der Waals surface area contributed by atoms with Crippen molar-refractivity contribution in [1.29, 1.82) is 0 Å². The number of benzene rings is 2. The minimum Gasteiger partial charge on any atom is -0.368 e. The highest BCUT2D eigenvalue weighted by molar-refractivity contribution is 6.00. The molecule has 6 nitrogen and oxygen atoms in total. The minimum absolute atomic E-state index is 0.274. The van der Waals surface area contributed by atoms with Crippen molar-refractivity contribution in [2.75, 3.05) is 23.0 Å². The number of nitrogens with two attached hydrogens (primary N) is 1. The fraction of sp³-hybridized carbons (Fsp3) is 0.318. The Kier molecular flexibility index (Phi) is 5.10. The highest BCUT2D eigenvalue weighted by Gasteiger charge is 2.17. The van der Waals surface area contributed by atoms with E-state index in [1.807, 2.05) is 42.5 Å². The summed E-state index contributed by atoms with van der Waals surface area (Å²) in [4.78, 5) is 21.5. The maximum absolute atomic E-state index is 11.0. The molecule has 0 radical (unpaired) electrons. The summed E-state index contributed by atoms with van der Waals surface area (Å²) in [6, 6.07) is 14.4. The number of nitrogens with one attached hydrogen (secondary N) is 1. The summed E-state index contributed by atoms with van der Waals surface area (Å²) in [5.74, 6) is 1.09. The van der Waals surface area contributed by atoms with E-state index < -0.39 is 0 Å². The van der Waals surface area contributed by atoms with Crippen molar-refractivity contribution in [3.8, 4) is 11.1 Å². The summed E-state index contributed by atoms with van der Waals surface area (Å²) in [6.45, 7) is 0. The Morgan fingerprint density at radius 1 is 1.07 bits per heavy atom. The molecule has 0 aliphatic heterocycles. The minimum atomic E-state index is 0.274. The molecule has 0 spiro atoms. The van der Waals surface area contributed by atoms with Crippen LogP contribution in [0.3, 0.4) is 0 Å². The molecule has 1 amide bonds. The second-order valence-electron chi connectivity index (χ2n) is 7.37. The van der Waals surface area contributed by atoms with E-state index in [1.165, 1.54) is 19.3 Å². The van der Waals surface area contributed by atoms with Gasteiger partial charge >= 0.3 is 0 Å². The summed E-state index contributed by atoms with van der Waals surface area (Å²) in [5, 5.41) is 4.58. The SMILES string of the molecule is CN(C=O)c1ccc(-c2cccc3c(NC4CCCCC4)nc(N)nc23)cc1. The number of carbonyl (C=O) groups excluding carboxylic acids is 1. The second kappa shape index (κ2) is 7.84. The van der Waals surface area contributed by atoms with E-state index in [0.717, 1.165) is 52.8 Å². The molecule has 0 saturated heterocycles. The lowest BCUT2D eigenvalue weighted by Crippen LogP contribution is -2.23. The Balaban J connectivity index is 1.74. The van der Waals surface area contributed by atoms with Crippen LogP contribution >= 0.6 is 0 Å². The number of hydrogen-bond acceptors (Lipinski definition) is 5. The van der Waals surface area contributed by atoms with Crippen LogP contribution in [0.2, 0.25) is 0 Å². The first-order valence-electron chi connectivity index (χ1n) is 9.77. The van der Waals surface area contributed by atoms with Gasteiger partial charge in [-0.1, -0.05) is 43.5 Å². The van der Waals surface area contributed by atoms with Gasteiger partial charge in [0, 0.05) is 29.7 Å². The molecule has 0 bridgehead atoms. The van der Waals surface area contributed by atoms with E-state index in [0.29, 0.717) is 6.04 Å². The summed E-state index contributed by atoms with van der Waals surface area (Å²) in [6.07, 6.45) is 6.94. The zero-order valence-corrected chi connectivity index (χ0v) is 16.1. The number of nitrogens with zero attached hydrogens (tertiary/aromatic N) is 3. The Labute approximate surface area is 164 Å². The van der Waals surface area contributed by atoms with Gasteiger partial charge in [0.1, 0.15) is 5.82 Å². The van der Waals surface area contributed by atoms with E-state index in [2.05, 4.69) is 15.3 Å². The van der Waals surface area contributed by atoms with Gasteiger partial charge in [0.2, 0.25) is 12.4 Å².